The van der Waals surface area contributed by atoms with Crippen LogP contribution in [0, 0.1) is 23.2 Å². The molecule has 21 heteroatoms. The van der Waals surface area contributed by atoms with E-state index in [4.69, 9.17) is 24.5 Å². The fourth-order valence-corrected chi connectivity index (χ4v) is 11.4. The minimum Gasteiger partial charge on any atom is -0.507 e. The molecule has 7 N–H and O–H groups in total. The number of phenolic OH excluding ortho intramolecular Hbond substituents is 1. The molecule has 0 bridgehead atoms. The maximum absolute atomic E-state index is 14.1. The predicted molar refractivity (Wildman–Crippen MR) is 324 cm³/mol. The van der Waals surface area contributed by atoms with Crippen LogP contribution in [0.2, 0.25) is 0 Å². The molecule has 0 saturated carbocycles. The topological polar surface area (TPSA) is 255 Å². The molecule has 4 aliphatic heterocycles. The van der Waals surface area contributed by atoms with Gasteiger partial charge in [-0.05, 0) is 138 Å². The number of amides is 4. The minimum absolute atomic E-state index is 0.0469. The number of likely N-dealkylation sites (N-methyl/N-ethyl adjacent to an activating group) is 1. The van der Waals surface area contributed by atoms with Crippen LogP contribution in [0.3, 0.4) is 0 Å². The molecule has 0 spiro atoms. The molecule has 2 aromatic carbocycles. The van der Waals surface area contributed by atoms with Gasteiger partial charge in [0.05, 0.1) is 29.6 Å². The maximum atomic E-state index is 14.1. The number of rotatable bonds is 24. The lowest BCUT2D eigenvalue weighted by atomic mass is 9.72. The van der Waals surface area contributed by atoms with Gasteiger partial charge in [0.2, 0.25) is 17.7 Å². The lowest BCUT2D eigenvalue weighted by Gasteiger charge is -2.48. The number of likely N-dealkylation sites (tertiary alicyclic amines) is 1. The van der Waals surface area contributed by atoms with Gasteiger partial charge in [0, 0.05) is 68.6 Å². The van der Waals surface area contributed by atoms with Crippen molar-refractivity contribution in [2.24, 2.45) is 28.9 Å². The highest BCUT2D eigenvalue weighted by Gasteiger charge is 2.46. The number of aromatic hydroxyl groups is 1. The molecule has 0 radical (unpaired) electrons. The molecule has 83 heavy (non-hydrogen) atoms. The monoisotopic (exact) mass is 1150 g/mol. The van der Waals surface area contributed by atoms with Crippen molar-refractivity contribution < 1.29 is 43.0 Å². The molecule has 21 nitrogen and oxygen atoms in total. The summed E-state index contributed by atoms with van der Waals surface area (Å²) in [6, 6.07) is 15.8. The molecule has 458 valence electrons. The maximum Gasteiger partial charge on any atom is 0.415 e. The number of piperidine rings is 2. The van der Waals surface area contributed by atoms with E-state index in [1.807, 2.05) is 60.7 Å². The Morgan fingerprint density at radius 3 is 2.39 bits per heavy atom. The highest BCUT2D eigenvalue weighted by molar-refractivity contribution is 5.99. The number of aromatic nitrogens is 3. The second kappa shape index (κ2) is 32.0. The van der Waals surface area contributed by atoms with Crippen LogP contribution in [-0.4, -0.2) is 164 Å². The van der Waals surface area contributed by atoms with E-state index in [1.165, 1.54) is 19.1 Å². The van der Waals surface area contributed by atoms with Crippen molar-refractivity contribution in [1.82, 2.24) is 41.1 Å². The van der Waals surface area contributed by atoms with E-state index in [0.29, 0.717) is 98.7 Å². The van der Waals surface area contributed by atoms with Crippen molar-refractivity contribution in [2.45, 2.75) is 144 Å². The normalized spacial score (nSPS) is 20.6. The largest absolute Gasteiger partial charge is 0.507 e. The third-order valence-corrected chi connectivity index (χ3v) is 16.0. The fourth-order valence-electron chi connectivity index (χ4n) is 11.4. The van der Waals surface area contributed by atoms with Crippen LogP contribution in [0.1, 0.15) is 119 Å². The first-order chi connectivity index (χ1) is 39.9. The number of hydrogen-bond donors (Lipinski definition) is 6. The standard InChI is InChI=1S/C54H76N12O9.C6H14.C2H6/c1-36-30-54(4,19-27-74-53(2,3)35-56-5)51(70)59-47(36)50(69)58-42(10-8-20-55)49(68)57-39-14-12-38(13-15-39)34-73-52(71)66-33-40-32-64(31-37-16-21-63(22-17-37)25-28-72-46-18-26-75-62-46)23-24-65(40)44-29-43(60-61-48(44)66)41-9-6-7-11-45(41)67;1-4-5-6(2)3;1-2/h6-7,9,11-15,18,26,29,36-37,40,42,47,56,67H,8,10,16-17,19-25,27-28,30-35,55H2,1-5H3,(H,57,68)(H,58,69)(H,59,70);6H,4-5H2,1-3H3;1-2H3. The van der Waals surface area contributed by atoms with E-state index >= 15 is 0 Å². The number of phenols is 1. The molecule has 3 saturated heterocycles. The van der Waals surface area contributed by atoms with Gasteiger partial charge < -0.3 is 55.7 Å². The molecule has 5 atom stereocenters. The number of ether oxygens (including phenoxy) is 3. The molecule has 4 amide bonds. The van der Waals surface area contributed by atoms with E-state index in [-0.39, 0.29) is 35.8 Å². The predicted octanol–water partition coefficient (Wildman–Crippen LogP) is 7.84. The van der Waals surface area contributed by atoms with Crippen molar-refractivity contribution in [2.75, 3.05) is 101 Å². The molecular formula is C62H96N12O9. The molecule has 8 rings (SSSR count). The van der Waals surface area contributed by atoms with E-state index in [1.54, 1.807) is 53.4 Å². The lowest BCUT2D eigenvalue weighted by molar-refractivity contribution is -0.143. The zero-order valence-electron chi connectivity index (χ0n) is 51.1. The number of carbonyl (C=O) groups excluding carboxylic acids is 4. The number of hydrogen-bond acceptors (Lipinski definition) is 17. The van der Waals surface area contributed by atoms with Crippen LogP contribution in [-0.2, 0) is 30.5 Å². The number of para-hydroxylation sites is 1. The van der Waals surface area contributed by atoms with Crippen LogP contribution < -0.4 is 41.5 Å². The molecule has 0 aliphatic carbocycles. The minimum atomic E-state index is -0.902. The van der Waals surface area contributed by atoms with Crippen molar-refractivity contribution in [1.29, 1.82) is 0 Å². The van der Waals surface area contributed by atoms with Gasteiger partial charge in [0.15, 0.2) is 5.82 Å². The average Bonchev–Trinajstić information content (AvgIpc) is 3.28. The Hall–Kier alpha value is -6.39. The Bertz CT molecular complexity index is 2630. The molecule has 4 aromatic rings. The first-order valence-corrected chi connectivity index (χ1v) is 30.2. The summed E-state index contributed by atoms with van der Waals surface area (Å²) < 4.78 is 22.6. The number of anilines is 3. The van der Waals surface area contributed by atoms with Gasteiger partial charge in [-0.15, -0.1) is 10.2 Å². The lowest BCUT2D eigenvalue weighted by Crippen LogP contribution is -2.61. The number of benzene rings is 2. The van der Waals surface area contributed by atoms with E-state index < -0.39 is 35.4 Å². The van der Waals surface area contributed by atoms with Crippen LogP contribution in [0.15, 0.2) is 71.4 Å². The summed E-state index contributed by atoms with van der Waals surface area (Å²) in [7, 11) is 1.87. The first kappa shape index (κ1) is 65.8. The number of carbonyl (C=O) groups is 4. The summed E-state index contributed by atoms with van der Waals surface area (Å²) in [6.07, 6.45) is 7.60. The Morgan fingerprint density at radius 1 is 0.976 bits per heavy atom. The zero-order valence-corrected chi connectivity index (χ0v) is 51.1. The summed E-state index contributed by atoms with van der Waals surface area (Å²) in [6.45, 7) is 26.9. The number of fused-ring (bicyclic) bond motifs is 3. The quantitative estimate of drug-likeness (QED) is 0.0391. The SMILES string of the molecule is CC.CCCC(C)C.CNCC(C)(C)OCCC1(C)CC(C)C(C(=O)NC(CCCN)C(=O)Nc2ccc(COC(=O)N3CC4CN(CC5CCN(CCOc6ccon6)CC5)CCN4c4cc(-c5ccccc5O)nnc43)cc2)NC1=O. The van der Waals surface area contributed by atoms with Gasteiger partial charge in [-0.1, -0.05) is 85.6 Å². The highest BCUT2D eigenvalue weighted by Crippen LogP contribution is 2.40. The van der Waals surface area contributed by atoms with Crippen LogP contribution in [0.5, 0.6) is 11.6 Å². The van der Waals surface area contributed by atoms with E-state index in [9.17, 15) is 24.3 Å². The second-order valence-electron chi connectivity index (χ2n) is 23.6. The number of nitrogens with two attached hydrogens (primary N) is 1. The smallest absolute Gasteiger partial charge is 0.415 e. The number of nitrogens with zero attached hydrogens (tertiary/aromatic N) is 7. The van der Waals surface area contributed by atoms with Gasteiger partial charge in [-0.3, -0.25) is 29.1 Å². The first-order valence-electron chi connectivity index (χ1n) is 30.2. The summed E-state index contributed by atoms with van der Waals surface area (Å²) in [5.74, 6) is 1.16. The second-order valence-corrected chi connectivity index (χ2v) is 23.6. The van der Waals surface area contributed by atoms with Crippen molar-refractivity contribution in [3.05, 3.63) is 72.5 Å². The van der Waals surface area contributed by atoms with Gasteiger partial charge in [0.25, 0.3) is 5.88 Å². The molecule has 3 fully saturated rings. The third-order valence-electron chi connectivity index (χ3n) is 16.0. The van der Waals surface area contributed by atoms with Gasteiger partial charge >= 0.3 is 6.09 Å². The van der Waals surface area contributed by atoms with Gasteiger partial charge in [-0.2, -0.15) is 0 Å². The fraction of sp³-hybridized carbons (Fsp3) is 0.629. The number of piperazine rings is 1. The Balaban J connectivity index is 0.00000130. The zero-order chi connectivity index (χ0) is 60.1. The Kier molecular flexibility index (Phi) is 25.4. The Labute approximate surface area is 492 Å². The van der Waals surface area contributed by atoms with E-state index in [0.717, 1.165) is 70.3 Å². The van der Waals surface area contributed by atoms with E-state index in [2.05, 4.69) is 72.1 Å². The number of nitrogens with one attached hydrogen (secondary N) is 4. The third kappa shape index (κ3) is 19.1. The summed E-state index contributed by atoms with van der Waals surface area (Å²) >= 11 is 0. The van der Waals surface area contributed by atoms with Crippen molar-refractivity contribution >= 4 is 41.0 Å². The van der Waals surface area contributed by atoms with Crippen molar-refractivity contribution in [3.63, 3.8) is 0 Å². The van der Waals surface area contributed by atoms with Crippen molar-refractivity contribution in [3.8, 4) is 22.9 Å². The van der Waals surface area contributed by atoms with Crippen LogP contribution in [0.25, 0.3) is 11.3 Å². The van der Waals surface area contributed by atoms with Gasteiger partial charge in [-0.25, -0.2) is 4.79 Å². The molecule has 6 heterocycles. The molecule has 4 aliphatic rings. The summed E-state index contributed by atoms with van der Waals surface area (Å²) in [5.41, 5.74) is 7.71. The highest BCUT2D eigenvalue weighted by atomic mass is 16.6. The molecule has 2 aromatic heterocycles. The molecule has 5 unspecified atom stereocenters. The van der Waals surface area contributed by atoms with Gasteiger partial charge in [0.1, 0.15) is 37.3 Å². The van der Waals surface area contributed by atoms with Crippen LogP contribution >= 0.6 is 0 Å². The summed E-state index contributed by atoms with van der Waals surface area (Å²) in [4.78, 5) is 63.9. The molecular weight excluding hydrogens is 1060 g/mol. The van der Waals surface area contributed by atoms with Crippen LogP contribution in [0.4, 0.5) is 22.0 Å². The Morgan fingerprint density at radius 2 is 1.72 bits per heavy atom. The average molecular weight is 1150 g/mol. The summed E-state index contributed by atoms with van der Waals surface area (Å²) in [5, 5.41) is 35.5.